The first-order chi connectivity index (χ1) is 8.53. The van der Waals surface area contributed by atoms with Gasteiger partial charge < -0.3 is 5.73 Å². The van der Waals surface area contributed by atoms with Crippen LogP contribution in [0.1, 0.15) is 6.92 Å². The Labute approximate surface area is 106 Å². The van der Waals surface area contributed by atoms with Crippen molar-refractivity contribution in [3.63, 3.8) is 0 Å². The topological polar surface area (TPSA) is 85.1 Å². The van der Waals surface area contributed by atoms with Gasteiger partial charge in [-0.05, 0) is 31.2 Å². The Kier molecular flexibility index (Phi) is 3.49. The number of pyridine rings is 1. The summed E-state index contributed by atoms with van der Waals surface area (Å²) in [5.74, 6) is 0. The fraction of sp³-hybridized carbons (Fsp3) is 0.250. The Bertz CT molecular complexity index is 655. The third-order valence-electron chi connectivity index (χ3n) is 2.72. The molecule has 6 heteroatoms. The molecule has 1 heterocycles. The van der Waals surface area contributed by atoms with Crippen molar-refractivity contribution < 1.29 is 8.42 Å². The second kappa shape index (κ2) is 4.91. The zero-order valence-corrected chi connectivity index (χ0v) is 10.8. The molecule has 0 aliphatic carbocycles. The second-order valence-electron chi connectivity index (χ2n) is 4.10. The normalized spacial score (nSPS) is 13.4. The van der Waals surface area contributed by atoms with Gasteiger partial charge in [0.25, 0.3) is 0 Å². The third kappa shape index (κ3) is 2.60. The maximum atomic E-state index is 11.9. The molecule has 5 nitrogen and oxygen atoms in total. The SMILES string of the molecule is CC(CN)S(=O)(=O)Nc1ccc2ncccc2c1. The van der Waals surface area contributed by atoms with Crippen LogP contribution >= 0.6 is 0 Å². The minimum absolute atomic E-state index is 0.0878. The molecule has 96 valence electrons. The largest absolute Gasteiger partial charge is 0.329 e. The summed E-state index contributed by atoms with van der Waals surface area (Å²) in [5.41, 5.74) is 6.72. The molecule has 1 aromatic heterocycles. The molecule has 2 rings (SSSR count). The molecule has 0 fully saturated rings. The van der Waals surface area contributed by atoms with Crippen LogP contribution in [0.5, 0.6) is 0 Å². The summed E-state index contributed by atoms with van der Waals surface area (Å²) in [5, 5.41) is 0.264. The molecule has 0 saturated heterocycles. The van der Waals surface area contributed by atoms with Gasteiger partial charge in [0.15, 0.2) is 0 Å². The van der Waals surface area contributed by atoms with E-state index >= 15 is 0 Å². The van der Waals surface area contributed by atoms with E-state index in [1.54, 1.807) is 31.3 Å². The Morgan fingerprint density at radius 3 is 2.89 bits per heavy atom. The monoisotopic (exact) mass is 265 g/mol. The van der Waals surface area contributed by atoms with Crippen molar-refractivity contribution in [2.45, 2.75) is 12.2 Å². The first-order valence-corrected chi connectivity index (χ1v) is 7.14. The number of benzene rings is 1. The van der Waals surface area contributed by atoms with Crippen molar-refractivity contribution in [2.75, 3.05) is 11.3 Å². The molecular formula is C12H15N3O2S. The Hall–Kier alpha value is -1.66. The Morgan fingerprint density at radius 2 is 2.17 bits per heavy atom. The lowest BCUT2D eigenvalue weighted by Crippen LogP contribution is -2.31. The summed E-state index contributed by atoms with van der Waals surface area (Å²) in [7, 11) is -3.43. The first kappa shape index (κ1) is 12.8. The van der Waals surface area contributed by atoms with E-state index in [4.69, 9.17) is 5.73 Å². The lowest BCUT2D eigenvalue weighted by Gasteiger charge is -2.13. The zero-order chi connectivity index (χ0) is 13.2. The van der Waals surface area contributed by atoms with Gasteiger partial charge in [0.2, 0.25) is 10.0 Å². The van der Waals surface area contributed by atoms with E-state index in [9.17, 15) is 8.42 Å². The molecule has 0 amide bonds. The van der Waals surface area contributed by atoms with E-state index in [0.29, 0.717) is 5.69 Å². The van der Waals surface area contributed by atoms with Crippen molar-refractivity contribution in [1.29, 1.82) is 0 Å². The predicted octanol–water partition coefficient (Wildman–Crippen LogP) is 1.32. The molecule has 0 saturated carbocycles. The average Bonchev–Trinajstić information content (AvgIpc) is 2.37. The number of hydrogen-bond acceptors (Lipinski definition) is 4. The molecule has 2 aromatic rings. The van der Waals surface area contributed by atoms with E-state index in [0.717, 1.165) is 10.9 Å². The molecule has 0 spiro atoms. The molecule has 18 heavy (non-hydrogen) atoms. The van der Waals surface area contributed by atoms with Crippen LogP contribution in [0.15, 0.2) is 36.5 Å². The highest BCUT2D eigenvalue weighted by Crippen LogP contribution is 2.18. The highest BCUT2D eigenvalue weighted by molar-refractivity contribution is 7.93. The number of rotatable bonds is 4. The average molecular weight is 265 g/mol. The van der Waals surface area contributed by atoms with Crippen molar-refractivity contribution in [3.8, 4) is 0 Å². The fourth-order valence-corrected chi connectivity index (χ4v) is 2.44. The van der Waals surface area contributed by atoms with Crippen LogP contribution in [0.4, 0.5) is 5.69 Å². The minimum atomic E-state index is -3.43. The minimum Gasteiger partial charge on any atom is -0.329 e. The van der Waals surface area contributed by atoms with Crippen LogP contribution in [0, 0.1) is 0 Å². The predicted molar refractivity (Wildman–Crippen MR) is 72.8 cm³/mol. The van der Waals surface area contributed by atoms with Gasteiger partial charge in [-0.3, -0.25) is 9.71 Å². The van der Waals surface area contributed by atoms with Gasteiger partial charge in [-0.15, -0.1) is 0 Å². The molecule has 1 aromatic carbocycles. The van der Waals surface area contributed by atoms with Crippen molar-refractivity contribution in [1.82, 2.24) is 4.98 Å². The number of anilines is 1. The zero-order valence-electron chi connectivity index (χ0n) is 10.00. The van der Waals surface area contributed by atoms with Gasteiger partial charge in [-0.25, -0.2) is 8.42 Å². The number of sulfonamides is 1. The molecule has 0 radical (unpaired) electrons. The van der Waals surface area contributed by atoms with E-state index in [2.05, 4.69) is 9.71 Å². The fourth-order valence-electron chi connectivity index (χ4n) is 1.53. The number of aromatic nitrogens is 1. The van der Waals surface area contributed by atoms with E-state index in [-0.39, 0.29) is 6.54 Å². The number of fused-ring (bicyclic) bond motifs is 1. The maximum absolute atomic E-state index is 11.9. The summed E-state index contributed by atoms with van der Waals surface area (Å²) in [4.78, 5) is 4.17. The smallest absolute Gasteiger partial charge is 0.236 e. The number of nitrogens with two attached hydrogens (primary N) is 1. The highest BCUT2D eigenvalue weighted by Gasteiger charge is 2.18. The molecule has 1 unspecified atom stereocenters. The van der Waals surface area contributed by atoms with Crippen molar-refractivity contribution in [3.05, 3.63) is 36.5 Å². The van der Waals surface area contributed by atoms with Gasteiger partial charge in [0, 0.05) is 23.8 Å². The van der Waals surface area contributed by atoms with Gasteiger partial charge in [-0.2, -0.15) is 0 Å². The first-order valence-electron chi connectivity index (χ1n) is 5.59. The molecule has 0 aliphatic heterocycles. The van der Waals surface area contributed by atoms with Gasteiger partial charge in [0.1, 0.15) is 0 Å². The highest BCUT2D eigenvalue weighted by atomic mass is 32.2. The van der Waals surface area contributed by atoms with Gasteiger partial charge >= 0.3 is 0 Å². The Balaban J connectivity index is 2.33. The summed E-state index contributed by atoms with van der Waals surface area (Å²) < 4.78 is 26.2. The summed E-state index contributed by atoms with van der Waals surface area (Å²) >= 11 is 0. The van der Waals surface area contributed by atoms with Crippen molar-refractivity contribution in [2.24, 2.45) is 5.73 Å². The van der Waals surface area contributed by atoms with Crippen LogP contribution < -0.4 is 10.5 Å². The van der Waals surface area contributed by atoms with Crippen LogP contribution in [-0.4, -0.2) is 25.2 Å². The van der Waals surface area contributed by atoms with Crippen molar-refractivity contribution >= 4 is 26.6 Å². The van der Waals surface area contributed by atoms with E-state index < -0.39 is 15.3 Å². The third-order valence-corrected chi connectivity index (χ3v) is 4.50. The van der Waals surface area contributed by atoms with Gasteiger partial charge in [0.05, 0.1) is 10.8 Å². The Morgan fingerprint density at radius 1 is 1.39 bits per heavy atom. The van der Waals surface area contributed by atoms with E-state index in [1.165, 1.54) is 0 Å². The summed E-state index contributed by atoms with van der Waals surface area (Å²) in [6, 6.07) is 8.91. The maximum Gasteiger partial charge on any atom is 0.236 e. The standard InChI is InChI=1S/C12H15N3O2S/c1-9(8-13)18(16,17)15-11-4-5-12-10(7-11)3-2-6-14-12/h2-7,9,15H,8,13H2,1H3. The number of nitrogens with one attached hydrogen (secondary N) is 1. The quantitative estimate of drug-likeness (QED) is 0.873. The summed E-state index contributed by atoms with van der Waals surface area (Å²) in [6.07, 6.45) is 1.70. The molecular weight excluding hydrogens is 250 g/mol. The van der Waals surface area contributed by atoms with Crippen LogP contribution in [0.2, 0.25) is 0 Å². The van der Waals surface area contributed by atoms with Crippen LogP contribution in [0.25, 0.3) is 10.9 Å². The molecule has 0 bridgehead atoms. The van der Waals surface area contributed by atoms with E-state index in [1.807, 2.05) is 12.1 Å². The molecule has 3 N–H and O–H groups in total. The second-order valence-corrected chi connectivity index (χ2v) is 6.20. The lowest BCUT2D eigenvalue weighted by atomic mass is 10.2. The van der Waals surface area contributed by atoms with Gasteiger partial charge in [-0.1, -0.05) is 6.07 Å². The summed E-state index contributed by atoms with van der Waals surface area (Å²) in [6.45, 7) is 1.66. The number of nitrogens with zero attached hydrogens (tertiary/aromatic N) is 1. The van der Waals surface area contributed by atoms with Crippen LogP contribution in [-0.2, 0) is 10.0 Å². The lowest BCUT2D eigenvalue weighted by molar-refractivity contribution is 0.589. The number of hydrogen-bond donors (Lipinski definition) is 2. The molecule has 1 atom stereocenters. The van der Waals surface area contributed by atoms with Crippen LogP contribution in [0.3, 0.4) is 0 Å². The molecule has 0 aliphatic rings.